The zero-order chi connectivity index (χ0) is 16.4. The number of aryl methyl sites for hydroxylation is 1. The summed E-state index contributed by atoms with van der Waals surface area (Å²) >= 11 is 0. The van der Waals surface area contributed by atoms with Gasteiger partial charge >= 0.3 is 0 Å². The summed E-state index contributed by atoms with van der Waals surface area (Å²) < 4.78 is 0. The number of rotatable bonds is 10. The predicted octanol–water partition coefficient (Wildman–Crippen LogP) is 3.56. The molecule has 0 unspecified atom stereocenters. The Kier molecular flexibility index (Phi) is 8.60. The Morgan fingerprint density at radius 3 is 2.45 bits per heavy atom. The summed E-state index contributed by atoms with van der Waals surface area (Å²) in [6.45, 7) is 12.2. The summed E-state index contributed by atoms with van der Waals surface area (Å²) in [4.78, 5) is 14.3. The van der Waals surface area contributed by atoms with Crippen LogP contribution in [0.4, 0.5) is 11.4 Å². The summed E-state index contributed by atoms with van der Waals surface area (Å²) in [5.41, 5.74) is 3.23. The molecule has 0 aromatic heterocycles. The predicted molar refractivity (Wildman–Crippen MR) is 95.8 cm³/mol. The molecule has 0 fully saturated rings. The van der Waals surface area contributed by atoms with Gasteiger partial charge in [-0.25, -0.2) is 0 Å². The van der Waals surface area contributed by atoms with Crippen LogP contribution in [0.3, 0.4) is 0 Å². The fraction of sp³-hybridized carbons (Fsp3) is 0.611. The Bertz CT molecular complexity index is 456. The van der Waals surface area contributed by atoms with Crippen LogP contribution in [-0.4, -0.2) is 32.1 Å². The molecule has 1 rings (SSSR count). The second-order valence-electron chi connectivity index (χ2n) is 5.57. The molecule has 1 aromatic rings. The lowest BCUT2D eigenvalue weighted by Crippen LogP contribution is -2.23. The van der Waals surface area contributed by atoms with Crippen LogP contribution in [-0.2, 0) is 4.79 Å². The lowest BCUT2D eigenvalue weighted by Gasteiger charge is -2.22. The van der Waals surface area contributed by atoms with Gasteiger partial charge < -0.3 is 15.5 Å². The quantitative estimate of drug-likeness (QED) is 0.650. The third-order valence-corrected chi connectivity index (χ3v) is 3.85. The maximum Gasteiger partial charge on any atom is 0.225 e. The smallest absolute Gasteiger partial charge is 0.225 e. The number of amides is 1. The van der Waals surface area contributed by atoms with Crippen molar-refractivity contribution in [1.29, 1.82) is 0 Å². The third-order valence-electron chi connectivity index (χ3n) is 3.85. The molecule has 124 valence electrons. The molecule has 1 amide bonds. The molecule has 1 aromatic carbocycles. The summed E-state index contributed by atoms with van der Waals surface area (Å²) in [6.07, 6.45) is 2.85. The van der Waals surface area contributed by atoms with Gasteiger partial charge in [-0.1, -0.05) is 13.3 Å². The molecule has 0 aliphatic rings. The molecule has 0 saturated heterocycles. The third kappa shape index (κ3) is 6.06. The Morgan fingerprint density at radius 2 is 1.86 bits per heavy atom. The molecule has 0 radical (unpaired) electrons. The van der Waals surface area contributed by atoms with E-state index in [4.69, 9.17) is 0 Å². The normalized spacial score (nSPS) is 10.5. The summed E-state index contributed by atoms with van der Waals surface area (Å²) in [7, 11) is 0. The first-order valence-corrected chi connectivity index (χ1v) is 8.48. The first-order chi connectivity index (χ1) is 10.6. The van der Waals surface area contributed by atoms with Crippen LogP contribution < -0.4 is 15.5 Å². The van der Waals surface area contributed by atoms with Crippen molar-refractivity contribution >= 4 is 17.3 Å². The second kappa shape index (κ2) is 10.2. The van der Waals surface area contributed by atoms with Gasteiger partial charge in [0.15, 0.2) is 0 Å². The molecular weight excluding hydrogens is 274 g/mol. The number of nitrogens with one attached hydrogen (secondary N) is 2. The van der Waals surface area contributed by atoms with Gasteiger partial charge in [-0.2, -0.15) is 0 Å². The highest BCUT2D eigenvalue weighted by molar-refractivity contribution is 5.91. The van der Waals surface area contributed by atoms with Gasteiger partial charge in [-0.15, -0.1) is 0 Å². The van der Waals surface area contributed by atoms with Gasteiger partial charge in [0.25, 0.3) is 0 Å². The van der Waals surface area contributed by atoms with Crippen molar-refractivity contribution in [3.63, 3.8) is 0 Å². The van der Waals surface area contributed by atoms with Crippen LogP contribution in [0, 0.1) is 6.92 Å². The average molecular weight is 305 g/mol. The Morgan fingerprint density at radius 1 is 1.14 bits per heavy atom. The van der Waals surface area contributed by atoms with Crippen LogP contribution in [0.1, 0.15) is 45.6 Å². The standard InChI is InChI=1S/C18H31N3O/c1-5-8-12-19-13-11-18(22)20-17-10-9-16(14-15(17)4)21(6-2)7-3/h9-10,14,19H,5-8,11-13H2,1-4H3,(H,20,22). The van der Waals surface area contributed by atoms with Crippen LogP contribution >= 0.6 is 0 Å². The summed E-state index contributed by atoms with van der Waals surface area (Å²) in [5, 5.41) is 6.30. The van der Waals surface area contributed by atoms with Gasteiger partial charge in [0.1, 0.15) is 0 Å². The van der Waals surface area contributed by atoms with Gasteiger partial charge in [0, 0.05) is 37.4 Å². The van der Waals surface area contributed by atoms with Crippen molar-refractivity contribution in [1.82, 2.24) is 5.32 Å². The topological polar surface area (TPSA) is 44.4 Å². The van der Waals surface area contributed by atoms with Crippen molar-refractivity contribution in [2.45, 2.75) is 47.0 Å². The van der Waals surface area contributed by atoms with Crippen LogP contribution in [0.15, 0.2) is 18.2 Å². The number of nitrogens with zero attached hydrogens (tertiary/aromatic N) is 1. The molecule has 22 heavy (non-hydrogen) atoms. The van der Waals surface area contributed by atoms with Gasteiger partial charge in [-0.3, -0.25) is 4.79 Å². The van der Waals surface area contributed by atoms with E-state index in [0.717, 1.165) is 43.9 Å². The number of unbranched alkanes of at least 4 members (excludes halogenated alkanes) is 1. The second-order valence-corrected chi connectivity index (χ2v) is 5.57. The highest BCUT2D eigenvalue weighted by Crippen LogP contribution is 2.22. The molecule has 0 bridgehead atoms. The number of benzene rings is 1. The van der Waals surface area contributed by atoms with Crippen molar-refractivity contribution in [3.8, 4) is 0 Å². The number of carbonyl (C=O) groups excluding carboxylic acids is 1. The Labute approximate surface area is 135 Å². The van der Waals surface area contributed by atoms with E-state index in [9.17, 15) is 4.79 Å². The number of hydrogen-bond donors (Lipinski definition) is 2. The fourth-order valence-electron chi connectivity index (χ4n) is 2.41. The van der Waals surface area contributed by atoms with E-state index in [-0.39, 0.29) is 5.91 Å². The van der Waals surface area contributed by atoms with Crippen LogP contribution in [0.2, 0.25) is 0 Å². The highest BCUT2D eigenvalue weighted by Gasteiger charge is 2.07. The van der Waals surface area contributed by atoms with E-state index in [1.165, 1.54) is 12.1 Å². The van der Waals surface area contributed by atoms with Crippen LogP contribution in [0.5, 0.6) is 0 Å². The fourth-order valence-corrected chi connectivity index (χ4v) is 2.41. The summed E-state index contributed by atoms with van der Waals surface area (Å²) in [6, 6.07) is 6.22. The molecule has 0 atom stereocenters. The lowest BCUT2D eigenvalue weighted by atomic mass is 10.1. The van der Waals surface area contributed by atoms with Gasteiger partial charge in [-0.05, 0) is 57.5 Å². The largest absolute Gasteiger partial charge is 0.372 e. The molecule has 0 aliphatic heterocycles. The molecule has 0 spiro atoms. The molecule has 0 aliphatic carbocycles. The maximum atomic E-state index is 12.0. The highest BCUT2D eigenvalue weighted by atomic mass is 16.1. The van der Waals surface area contributed by atoms with Gasteiger partial charge in [0.2, 0.25) is 5.91 Å². The first kappa shape index (κ1) is 18.5. The number of anilines is 2. The minimum atomic E-state index is 0.0719. The first-order valence-electron chi connectivity index (χ1n) is 8.48. The van der Waals surface area contributed by atoms with E-state index in [0.29, 0.717) is 6.42 Å². The molecule has 2 N–H and O–H groups in total. The van der Waals surface area contributed by atoms with E-state index < -0.39 is 0 Å². The van der Waals surface area contributed by atoms with Crippen molar-refractivity contribution in [3.05, 3.63) is 23.8 Å². The molecule has 4 heteroatoms. The number of carbonyl (C=O) groups is 1. The molecule has 0 saturated carbocycles. The molecular formula is C18H31N3O. The zero-order valence-electron chi connectivity index (χ0n) is 14.5. The lowest BCUT2D eigenvalue weighted by molar-refractivity contribution is -0.116. The minimum absolute atomic E-state index is 0.0719. The van der Waals surface area contributed by atoms with Crippen molar-refractivity contribution < 1.29 is 4.79 Å². The van der Waals surface area contributed by atoms with Crippen molar-refractivity contribution in [2.75, 3.05) is 36.4 Å². The monoisotopic (exact) mass is 305 g/mol. The molecule has 0 heterocycles. The summed E-state index contributed by atoms with van der Waals surface area (Å²) in [5.74, 6) is 0.0719. The minimum Gasteiger partial charge on any atom is -0.372 e. The van der Waals surface area contributed by atoms with Gasteiger partial charge in [0.05, 0.1) is 0 Å². The van der Waals surface area contributed by atoms with E-state index >= 15 is 0 Å². The number of hydrogen-bond acceptors (Lipinski definition) is 3. The van der Waals surface area contributed by atoms with E-state index in [1.807, 2.05) is 13.0 Å². The van der Waals surface area contributed by atoms with E-state index in [2.05, 4.69) is 48.4 Å². The maximum absolute atomic E-state index is 12.0. The molecule has 4 nitrogen and oxygen atoms in total. The average Bonchev–Trinajstić information content (AvgIpc) is 2.51. The Balaban J connectivity index is 2.50. The van der Waals surface area contributed by atoms with Crippen molar-refractivity contribution in [2.24, 2.45) is 0 Å². The van der Waals surface area contributed by atoms with E-state index in [1.54, 1.807) is 0 Å². The zero-order valence-corrected chi connectivity index (χ0v) is 14.5. The Hall–Kier alpha value is -1.55. The SMILES string of the molecule is CCCCNCCC(=O)Nc1ccc(N(CC)CC)cc1C. The van der Waals surface area contributed by atoms with Crippen LogP contribution in [0.25, 0.3) is 0 Å².